The number of halogens is 1. The lowest BCUT2D eigenvalue weighted by atomic mass is 9.92. The third kappa shape index (κ3) is 5.45. The normalized spacial score (nSPS) is 12.4. The molecule has 0 aliphatic carbocycles. The molecule has 9 heteroatoms. The summed E-state index contributed by atoms with van der Waals surface area (Å²) in [5.74, 6) is 0.349. The number of terminal acetylenes is 1. The summed E-state index contributed by atoms with van der Waals surface area (Å²) in [7, 11) is 0. The Bertz CT molecular complexity index is 1520. The van der Waals surface area contributed by atoms with Gasteiger partial charge in [0.1, 0.15) is 29.9 Å². The fourth-order valence-electron chi connectivity index (χ4n) is 4.20. The van der Waals surface area contributed by atoms with Crippen LogP contribution in [0.5, 0.6) is 11.6 Å². The number of aliphatic hydroxyl groups is 1. The summed E-state index contributed by atoms with van der Waals surface area (Å²) in [5.41, 5.74) is 0.788. The molecule has 194 valence electrons. The van der Waals surface area contributed by atoms with Crippen LogP contribution in [-0.2, 0) is 4.79 Å². The average Bonchev–Trinajstić information content (AvgIpc) is 3.22. The summed E-state index contributed by atoms with van der Waals surface area (Å²) in [6, 6.07) is 18.2. The van der Waals surface area contributed by atoms with E-state index >= 15 is 0 Å². The van der Waals surface area contributed by atoms with Crippen molar-refractivity contribution < 1.29 is 24.1 Å². The van der Waals surface area contributed by atoms with E-state index in [0.717, 1.165) is 16.2 Å². The number of aromatic nitrogens is 2. The number of carbonyl (C=O) groups excluding carboxylic acids is 1. The lowest BCUT2D eigenvalue weighted by Gasteiger charge is -2.25. The average molecular weight is 516 g/mol. The number of hydrogen-bond acceptors (Lipinski definition) is 5. The van der Waals surface area contributed by atoms with Gasteiger partial charge in [-0.3, -0.25) is 4.79 Å². The molecule has 1 heterocycles. The molecular formula is C29H26FN3O5. The van der Waals surface area contributed by atoms with E-state index in [1.807, 2.05) is 6.07 Å². The molecule has 0 fully saturated rings. The molecule has 0 aliphatic rings. The van der Waals surface area contributed by atoms with Gasteiger partial charge in [-0.25, -0.2) is 13.8 Å². The molecule has 3 aromatic carbocycles. The molecule has 38 heavy (non-hydrogen) atoms. The highest BCUT2D eigenvalue weighted by Gasteiger charge is 2.33. The molecule has 0 aliphatic heterocycles. The zero-order valence-corrected chi connectivity index (χ0v) is 20.5. The number of ether oxygens (including phenoxy) is 1. The third-order valence-corrected chi connectivity index (χ3v) is 6.14. The summed E-state index contributed by atoms with van der Waals surface area (Å²) in [6.07, 6.45) is 5.32. The van der Waals surface area contributed by atoms with E-state index in [-0.39, 0.29) is 24.6 Å². The van der Waals surface area contributed by atoms with Gasteiger partial charge >= 0.3 is 5.69 Å². The number of aromatic amines is 1. The standard InChI is InChI=1S/C29H26FN3O5/c1-3-19-9-14-24(23(30)17-19)31-27(35)26(18(2)20-7-5-4-6-8-20)33-28(36)25(32-29(33)37)21-10-12-22(13-11-21)38-16-15-34/h1,4-14,17-18,26,34,36H,15-16H2,2H3,(H,31,35)(H,32,37)/t18-,26+/m0/s1. The first-order valence-corrected chi connectivity index (χ1v) is 11.8. The minimum Gasteiger partial charge on any atom is -0.493 e. The second-order valence-corrected chi connectivity index (χ2v) is 8.57. The number of H-pyrrole nitrogens is 1. The van der Waals surface area contributed by atoms with E-state index in [1.54, 1.807) is 55.5 Å². The molecule has 0 radical (unpaired) electrons. The number of benzene rings is 3. The van der Waals surface area contributed by atoms with Crippen molar-refractivity contribution in [2.24, 2.45) is 0 Å². The van der Waals surface area contributed by atoms with E-state index in [1.165, 1.54) is 12.1 Å². The Morgan fingerprint density at radius 1 is 1.16 bits per heavy atom. The Kier molecular flexibility index (Phi) is 7.94. The van der Waals surface area contributed by atoms with Gasteiger partial charge in [0.05, 0.1) is 12.3 Å². The third-order valence-electron chi connectivity index (χ3n) is 6.14. The van der Waals surface area contributed by atoms with Gasteiger partial charge in [-0.05, 0) is 48.0 Å². The van der Waals surface area contributed by atoms with Gasteiger partial charge in [-0.2, -0.15) is 0 Å². The van der Waals surface area contributed by atoms with Gasteiger partial charge in [0, 0.05) is 17.0 Å². The number of carbonyl (C=O) groups is 1. The van der Waals surface area contributed by atoms with Crippen molar-refractivity contribution in [2.45, 2.75) is 18.9 Å². The topological polar surface area (TPSA) is 117 Å². The molecule has 4 aromatic rings. The van der Waals surface area contributed by atoms with Crippen LogP contribution >= 0.6 is 0 Å². The van der Waals surface area contributed by atoms with E-state index in [0.29, 0.717) is 16.9 Å². The maximum Gasteiger partial charge on any atom is 0.329 e. The van der Waals surface area contributed by atoms with E-state index in [9.17, 15) is 19.1 Å². The molecule has 8 nitrogen and oxygen atoms in total. The number of anilines is 1. The predicted octanol–water partition coefficient (Wildman–Crippen LogP) is 4.02. The molecule has 0 spiro atoms. The maximum atomic E-state index is 14.6. The van der Waals surface area contributed by atoms with Crippen LogP contribution in [0.2, 0.25) is 0 Å². The first kappa shape index (κ1) is 26.3. The van der Waals surface area contributed by atoms with Gasteiger partial charge in [-0.15, -0.1) is 6.42 Å². The summed E-state index contributed by atoms with van der Waals surface area (Å²) in [5, 5.41) is 22.6. The van der Waals surface area contributed by atoms with Crippen LogP contribution in [0, 0.1) is 18.2 Å². The van der Waals surface area contributed by atoms with Gasteiger partial charge < -0.3 is 25.3 Å². The molecule has 0 unspecified atom stereocenters. The number of rotatable bonds is 9. The summed E-state index contributed by atoms with van der Waals surface area (Å²) in [4.78, 5) is 29.4. The Labute approximate surface area is 218 Å². The second kappa shape index (κ2) is 11.5. The fourth-order valence-corrected chi connectivity index (χ4v) is 4.20. The zero-order chi connectivity index (χ0) is 27.2. The number of nitrogens with zero attached hydrogens (tertiary/aromatic N) is 1. The van der Waals surface area contributed by atoms with Crippen molar-refractivity contribution in [3.63, 3.8) is 0 Å². The van der Waals surface area contributed by atoms with Crippen LogP contribution in [-0.4, -0.2) is 38.9 Å². The molecule has 0 bridgehead atoms. The number of nitrogens with one attached hydrogen (secondary N) is 2. The zero-order valence-electron chi connectivity index (χ0n) is 20.5. The number of imidazole rings is 1. The second-order valence-electron chi connectivity index (χ2n) is 8.57. The van der Waals surface area contributed by atoms with Gasteiger partial charge in [-0.1, -0.05) is 43.2 Å². The Morgan fingerprint density at radius 2 is 1.87 bits per heavy atom. The van der Waals surface area contributed by atoms with Gasteiger partial charge in [0.15, 0.2) is 0 Å². The molecule has 1 amide bonds. The quantitative estimate of drug-likeness (QED) is 0.251. The highest BCUT2D eigenvalue weighted by Crippen LogP contribution is 2.35. The molecule has 1 aromatic heterocycles. The first-order valence-electron chi connectivity index (χ1n) is 11.8. The SMILES string of the molecule is C#Cc1ccc(NC(=O)[C@@H]([C@@H](C)c2ccccc2)n2c(O)c(-c3ccc(OCCO)cc3)[nH]c2=O)c(F)c1. The van der Waals surface area contributed by atoms with Crippen LogP contribution in [0.15, 0.2) is 77.6 Å². The molecule has 0 saturated heterocycles. The Hall–Kier alpha value is -4.81. The van der Waals surface area contributed by atoms with Crippen molar-refractivity contribution in [3.05, 3.63) is 100 Å². The van der Waals surface area contributed by atoms with Crippen LogP contribution in [0.25, 0.3) is 11.3 Å². The molecule has 0 saturated carbocycles. The van der Waals surface area contributed by atoms with E-state index < -0.39 is 35.3 Å². The first-order chi connectivity index (χ1) is 18.3. The smallest absolute Gasteiger partial charge is 0.329 e. The van der Waals surface area contributed by atoms with Crippen molar-refractivity contribution in [2.75, 3.05) is 18.5 Å². The summed E-state index contributed by atoms with van der Waals surface area (Å²) >= 11 is 0. The van der Waals surface area contributed by atoms with E-state index in [4.69, 9.17) is 16.3 Å². The van der Waals surface area contributed by atoms with Crippen LogP contribution in [0.3, 0.4) is 0 Å². The summed E-state index contributed by atoms with van der Waals surface area (Å²) in [6.45, 7) is 1.72. The monoisotopic (exact) mass is 515 g/mol. The lowest BCUT2D eigenvalue weighted by molar-refractivity contribution is -0.120. The highest BCUT2D eigenvalue weighted by atomic mass is 19.1. The maximum absolute atomic E-state index is 14.6. The van der Waals surface area contributed by atoms with Crippen LogP contribution < -0.4 is 15.7 Å². The van der Waals surface area contributed by atoms with Gasteiger partial charge in [0.2, 0.25) is 11.8 Å². The van der Waals surface area contributed by atoms with Gasteiger partial charge in [0.25, 0.3) is 0 Å². The van der Waals surface area contributed by atoms with E-state index in [2.05, 4.69) is 16.2 Å². The van der Waals surface area contributed by atoms with Crippen molar-refractivity contribution >= 4 is 11.6 Å². The summed E-state index contributed by atoms with van der Waals surface area (Å²) < 4.78 is 20.9. The minimum atomic E-state index is -1.24. The highest BCUT2D eigenvalue weighted by molar-refractivity contribution is 5.95. The lowest BCUT2D eigenvalue weighted by Crippen LogP contribution is -2.35. The fraction of sp³-hybridized carbons (Fsp3) is 0.172. The Balaban J connectivity index is 1.75. The predicted molar refractivity (Wildman–Crippen MR) is 142 cm³/mol. The molecule has 4 N–H and O–H groups in total. The number of aliphatic hydroxyl groups excluding tert-OH is 1. The minimum absolute atomic E-state index is 0.103. The van der Waals surface area contributed by atoms with Crippen molar-refractivity contribution in [1.29, 1.82) is 0 Å². The molecule has 2 atom stereocenters. The Morgan fingerprint density at radius 3 is 2.50 bits per heavy atom. The number of amides is 1. The van der Waals surface area contributed by atoms with Crippen LogP contribution in [0.4, 0.5) is 10.1 Å². The van der Waals surface area contributed by atoms with Crippen LogP contribution in [0.1, 0.15) is 30.0 Å². The molecular weight excluding hydrogens is 489 g/mol. The van der Waals surface area contributed by atoms with Crippen molar-refractivity contribution in [3.8, 4) is 35.2 Å². The largest absolute Gasteiger partial charge is 0.493 e. The molecule has 4 rings (SSSR count). The van der Waals surface area contributed by atoms with Crippen molar-refractivity contribution in [1.82, 2.24) is 9.55 Å². The number of hydrogen-bond donors (Lipinski definition) is 4. The number of aromatic hydroxyl groups is 1.